The molecule has 1 fully saturated rings. The Morgan fingerprint density at radius 1 is 1.05 bits per heavy atom. The minimum absolute atomic E-state index is 0.175. The maximum absolute atomic E-state index is 12.8. The topological polar surface area (TPSA) is 88.2 Å². The van der Waals surface area contributed by atoms with Crippen molar-refractivity contribution in [2.75, 3.05) is 36.1 Å². The summed E-state index contributed by atoms with van der Waals surface area (Å²) in [5, 5.41) is 11.2. The van der Waals surface area contributed by atoms with Crippen LogP contribution in [-0.4, -0.2) is 41.3 Å². The van der Waals surface area contributed by atoms with Gasteiger partial charge in [-0.2, -0.15) is 0 Å². The van der Waals surface area contributed by atoms with Crippen LogP contribution in [0.5, 0.6) is 5.75 Å². The molecule has 0 radical (unpaired) electrons. The van der Waals surface area contributed by atoms with Crippen LogP contribution in [0.3, 0.4) is 0 Å². The van der Waals surface area contributed by atoms with E-state index in [-0.39, 0.29) is 5.91 Å². The smallest absolute Gasteiger partial charge is 0.255 e. The summed E-state index contributed by atoms with van der Waals surface area (Å²) >= 11 is 1.40. The first-order valence-electron chi connectivity index (χ1n) is 13.0. The second kappa shape index (κ2) is 12.7. The number of nitrogens with zero attached hydrogens (tertiary/aromatic N) is 2. The van der Waals surface area contributed by atoms with Crippen LogP contribution in [0.2, 0.25) is 0 Å². The molecule has 0 atom stereocenters. The molecule has 3 N–H and O–H groups in total. The van der Waals surface area contributed by atoms with E-state index in [1.807, 2.05) is 73.7 Å². The fraction of sp³-hybridized carbons (Fsp3) is 0.258. The van der Waals surface area contributed by atoms with Gasteiger partial charge in [0.1, 0.15) is 11.6 Å². The van der Waals surface area contributed by atoms with Gasteiger partial charge in [-0.25, -0.2) is 9.97 Å². The summed E-state index contributed by atoms with van der Waals surface area (Å²) in [5.41, 5.74) is 3.97. The van der Waals surface area contributed by atoms with E-state index in [1.165, 1.54) is 11.8 Å². The van der Waals surface area contributed by atoms with Crippen molar-refractivity contribution < 1.29 is 9.53 Å². The van der Waals surface area contributed by atoms with Gasteiger partial charge >= 0.3 is 0 Å². The van der Waals surface area contributed by atoms with Crippen LogP contribution in [0.15, 0.2) is 71.9 Å². The Kier molecular flexibility index (Phi) is 8.61. The third-order valence-electron chi connectivity index (χ3n) is 6.59. The van der Waals surface area contributed by atoms with Crippen molar-refractivity contribution in [2.24, 2.45) is 5.92 Å². The first-order valence-corrected chi connectivity index (χ1v) is 14.0. The number of amides is 1. The van der Waals surface area contributed by atoms with Crippen LogP contribution in [0.1, 0.15) is 28.8 Å². The molecule has 8 heteroatoms. The Morgan fingerprint density at radius 3 is 2.54 bits per heavy atom. The molecule has 1 amide bonds. The van der Waals surface area contributed by atoms with Crippen LogP contribution < -0.4 is 20.7 Å². The molecule has 1 aromatic heterocycles. The average Bonchev–Trinajstić information content (AvgIpc) is 2.97. The number of benzene rings is 3. The molecule has 7 nitrogen and oxygen atoms in total. The van der Waals surface area contributed by atoms with Crippen LogP contribution in [-0.2, 0) is 0 Å². The summed E-state index contributed by atoms with van der Waals surface area (Å²) in [6.07, 6.45) is 7.76. The predicted molar refractivity (Wildman–Crippen MR) is 159 cm³/mol. The second-order valence-electron chi connectivity index (χ2n) is 9.55. The highest BCUT2D eigenvalue weighted by Gasteiger charge is 2.14. The van der Waals surface area contributed by atoms with E-state index in [0.717, 1.165) is 60.4 Å². The lowest BCUT2D eigenvalue weighted by molar-refractivity contribution is 0.102. The molecule has 2 heterocycles. The Labute approximate surface area is 233 Å². The number of carbonyl (C=O) groups is 1. The van der Waals surface area contributed by atoms with Crippen LogP contribution in [0.4, 0.5) is 17.2 Å². The molecule has 0 bridgehead atoms. The Bertz CT molecular complexity index is 1480. The number of aromatic nitrogens is 2. The summed E-state index contributed by atoms with van der Waals surface area (Å²) in [7, 11) is 0. The van der Waals surface area contributed by atoms with Gasteiger partial charge in [0, 0.05) is 22.3 Å². The quantitative estimate of drug-likeness (QED) is 0.136. The van der Waals surface area contributed by atoms with Crippen molar-refractivity contribution in [3.63, 3.8) is 0 Å². The van der Waals surface area contributed by atoms with E-state index in [0.29, 0.717) is 33.9 Å². The van der Waals surface area contributed by atoms with Crippen molar-refractivity contribution in [3.8, 4) is 18.1 Å². The van der Waals surface area contributed by atoms with Crippen molar-refractivity contribution >= 4 is 45.8 Å². The highest BCUT2D eigenvalue weighted by atomic mass is 32.2. The Morgan fingerprint density at radius 2 is 1.79 bits per heavy atom. The van der Waals surface area contributed by atoms with Gasteiger partial charge in [-0.1, -0.05) is 35.4 Å². The van der Waals surface area contributed by atoms with Crippen molar-refractivity contribution in [1.82, 2.24) is 15.3 Å². The molecule has 1 aliphatic rings. The number of hydrogen-bond donors (Lipinski definition) is 3. The number of terminal acetylenes is 1. The fourth-order valence-electron chi connectivity index (χ4n) is 4.39. The molecular weight excluding hydrogens is 506 g/mol. The van der Waals surface area contributed by atoms with E-state index in [4.69, 9.17) is 16.1 Å². The lowest BCUT2D eigenvalue weighted by atomic mass is 9.99. The zero-order valence-corrected chi connectivity index (χ0v) is 22.7. The van der Waals surface area contributed by atoms with E-state index in [2.05, 4.69) is 26.9 Å². The predicted octanol–water partition coefficient (Wildman–Crippen LogP) is 6.04. The van der Waals surface area contributed by atoms with Crippen LogP contribution in [0.25, 0.3) is 10.9 Å². The van der Waals surface area contributed by atoms with Gasteiger partial charge in [0.15, 0.2) is 5.16 Å². The third-order valence-corrected chi connectivity index (χ3v) is 7.34. The van der Waals surface area contributed by atoms with Gasteiger partial charge in [0.25, 0.3) is 5.91 Å². The number of anilines is 3. The van der Waals surface area contributed by atoms with E-state index < -0.39 is 0 Å². The summed E-state index contributed by atoms with van der Waals surface area (Å²) in [5.74, 6) is 4.99. The minimum atomic E-state index is -0.175. The molecule has 0 saturated carbocycles. The molecule has 1 aliphatic heterocycles. The maximum atomic E-state index is 12.8. The molecule has 3 aromatic carbocycles. The summed E-state index contributed by atoms with van der Waals surface area (Å²) in [6, 6.07) is 21.0. The zero-order valence-electron chi connectivity index (χ0n) is 21.9. The zero-order chi connectivity index (χ0) is 27.0. The molecule has 1 saturated heterocycles. The summed E-state index contributed by atoms with van der Waals surface area (Å²) in [6.45, 7) is 4.84. The van der Waals surface area contributed by atoms with Crippen molar-refractivity contribution in [3.05, 3.63) is 77.9 Å². The molecular formula is C31H31N5O2S. The van der Waals surface area contributed by atoms with Crippen LogP contribution in [0, 0.1) is 25.2 Å². The second-order valence-corrected chi connectivity index (χ2v) is 10.5. The molecule has 39 heavy (non-hydrogen) atoms. The number of aryl methyl sites for hydroxylation is 1. The van der Waals surface area contributed by atoms with E-state index >= 15 is 0 Å². The molecule has 198 valence electrons. The van der Waals surface area contributed by atoms with Gasteiger partial charge in [-0.05, 0) is 93.4 Å². The highest BCUT2D eigenvalue weighted by molar-refractivity contribution is 7.99. The minimum Gasteiger partial charge on any atom is -0.493 e. The number of rotatable bonds is 9. The lowest BCUT2D eigenvalue weighted by Crippen LogP contribution is -2.30. The number of hydrogen-bond acceptors (Lipinski definition) is 7. The van der Waals surface area contributed by atoms with Crippen molar-refractivity contribution in [2.45, 2.75) is 24.9 Å². The lowest BCUT2D eigenvalue weighted by Gasteiger charge is -2.22. The number of nitrogens with one attached hydrogen (secondary N) is 3. The molecule has 4 aromatic rings. The molecule has 0 aliphatic carbocycles. The SMILES string of the molecule is C#CCSc1nc(Nc2ccc(OCC3CCNCC3)cc2)c2cc(NC(=O)c3ccc(C)cc3)ccc2n1. The van der Waals surface area contributed by atoms with Gasteiger partial charge in [-0.3, -0.25) is 4.79 Å². The Hall–Kier alpha value is -4.06. The van der Waals surface area contributed by atoms with Crippen LogP contribution >= 0.6 is 11.8 Å². The first-order chi connectivity index (χ1) is 19.1. The summed E-state index contributed by atoms with van der Waals surface area (Å²) in [4.78, 5) is 22.2. The maximum Gasteiger partial charge on any atom is 0.255 e. The largest absolute Gasteiger partial charge is 0.493 e. The first kappa shape index (κ1) is 26.5. The molecule has 5 rings (SSSR count). The number of fused-ring (bicyclic) bond motifs is 1. The Balaban J connectivity index is 1.36. The monoisotopic (exact) mass is 537 g/mol. The standard InChI is InChI=1S/C31H31N5O2S/c1-3-18-39-31-35-28-13-10-25(34-30(37)23-6-4-21(2)5-7-23)19-27(28)29(36-31)33-24-8-11-26(12-9-24)38-20-22-14-16-32-17-15-22/h1,4-13,19,22,32H,14-18,20H2,2H3,(H,34,37)(H,33,35,36). The normalized spacial score (nSPS) is 13.5. The fourth-order valence-corrected chi connectivity index (χ4v) is 4.92. The number of carbonyl (C=O) groups excluding carboxylic acids is 1. The number of piperidine rings is 1. The van der Waals surface area contributed by atoms with Gasteiger partial charge in [0.05, 0.1) is 17.9 Å². The van der Waals surface area contributed by atoms with E-state index in [1.54, 1.807) is 0 Å². The van der Waals surface area contributed by atoms with Gasteiger partial charge < -0.3 is 20.7 Å². The molecule has 0 unspecified atom stereocenters. The number of ether oxygens (including phenoxy) is 1. The number of thioether (sulfide) groups is 1. The van der Waals surface area contributed by atoms with Gasteiger partial charge in [0.2, 0.25) is 0 Å². The molecule has 0 spiro atoms. The average molecular weight is 538 g/mol. The van der Waals surface area contributed by atoms with E-state index in [9.17, 15) is 4.79 Å². The summed E-state index contributed by atoms with van der Waals surface area (Å²) < 4.78 is 6.04. The van der Waals surface area contributed by atoms with Crippen molar-refractivity contribution in [1.29, 1.82) is 0 Å². The van der Waals surface area contributed by atoms with Gasteiger partial charge in [-0.15, -0.1) is 6.42 Å². The highest BCUT2D eigenvalue weighted by Crippen LogP contribution is 2.30. The third kappa shape index (κ3) is 7.08.